The summed E-state index contributed by atoms with van der Waals surface area (Å²) < 4.78 is 6.47. The summed E-state index contributed by atoms with van der Waals surface area (Å²) in [6.07, 6.45) is 0. The van der Waals surface area contributed by atoms with Gasteiger partial charge in [-0.2, -0.15) is 0 Å². The minimum Gasteiger partial charge on any atom is -0.490 e. The predicted molar refractivity (Wildman–Crippen MR) is 56.6 cm³/mol. The van der Waals surface area contributed by atoms with Gasteiger partial charge >= 0.3 is 0 Å². The van der Waals surface area contributed by atoms with Crippen LogP contribution in [0.3, 0.4) is 0 Å². The van der Waals surface area contributed by atoms with Gasteiger partial charge in [0.15, 0.2) is 0 Å². The lowest BCUT2D eigenvalue weighted by Gasteiger charge is -2.04. The van der Waals surface area contributed by atoms with E-state index in [1.165, 1.54) is 0 Å². The van der Waals surface area contributed by atoms with Crippen molar-refractivity contribution in [3.8, 4) is 5.75 Å². The molecule has 2 nitrogen and oxygen atoms in total. The average molecular weight is 296 g/mol. The van der Waals surface area contributed by atoms with Crippen LogP contribution in [0.15, 0.2) is 12.1 Å². The molecule has 0 spiro atoms. The zero-order valence-corrected chi connectivity index (χ0v) is 9.09. The highest BCUT2D eigenvalue weighted by Crippen LogP contribution is 2.39. The van der Waals surface area contributed by atoms with Gasteiger partial charge in [-0.3, -0.25) is 0 Å². The molecule has 0 bridgehead atoms. The first-order chi connectivity index (χ1) is 5.70. The smallest absolute Gasteiger partial charge is 0.139 e. The van der Waals surface area contributed by atoms with Crippen LogP contribution >= 0.6 is 34.2 Å². The molecular formula is C8H7ClINO. The Morgan fingerprint density at radius 3 is 3.00 bits per heavy atom. The maximum atomic E-state index is 5.97. The number of nitrogens with two attached hydrogens (primary N) is 1. The van der Waals surface area contributed by atoms with E-state index in [9.17, 15) is 0 Å². The van der Waals surface area contributed by atoms with Crippen LogP contribution in [0, 0.1) is 3.57 Å². The summed E-state index contributed by atoms with van der Waals surface area (Å²) in [6.45, 7) is 0.537. The molecule has 1 aliphatic rings. The number of benzene rings is 1. The van der Waals surface area contributed by atoms with Gasteiger partial charge in [0.2, 0.25) is 0 Å². The minimum atomic E-state index is -0.0674. The van der Waals surface area contributed by atoms with Crippen LogP contribution in [0.4, 0.5) is 0 Å². The second-order valence-corrected chi connectivity index (χ2v) is 4.26. The topological polar surface area (TPSA) is 35.2 Å². The van der Waals surface area contributed by atoms with Crippen molar-refractivity contribution in [2.45, 2.75) is 6.04 Å². The molecule has 0 unspecified atom stereocenters. The maximum Gasteiger partial charge on any atom is 0.139 e. The summed E-state index contributed by atoms with van der Waals surface area (Å²) in [6, 6.07) is 3.72. The lowest BCUT2D eigenvalue weighted by atomic mass is 10.1. The van der Waals surface area contributed by atoms with Crippen molar-refractivity contribution in [1.82, 2.24) is 0 Å². The third kappa shape index (κ3) is 1.20. The Hall–Kier alpha value is -0.0000000000000000555. The number of fused-ring (bicyclic) bond motifs is 1. The normalized spacial score (nSPS) is 20.4. The summed E-state index contributed by atoms with van der Waals surface area (Å²) in [7, 11) is 0. The van der Waals surface area contributed by atoms with E-state index in [4.69, 9.17) is 22.1 Å². The fourth-order valence-electron chi connectivity index (χ4n) is 1.30. The summed E-state index contributed by atoms with van der Waals surface area (Å²) in [5.74, 6) is 0.857. The molecule has 4 heteroatoms. The van der Waals surface area contributed by atoms with E-state index < -0.39 is 0 Å². The molecule has 2 rings (SSSR count). The largest absolute Gasteiger partial charge is 0.490 e. The Morgan fingerprint density at radius 2 is 2.33 bits per heavy atom. The van der Waals surface area contributed by atoms with Gasteiger partial charge in [-0.15, -0.1) is 0 Å². The molecule has 12 heavy (non-hydrogen) atoms. The number of halogens is 2. The SMILES string of the molecule is N[C@H]1COc2c(I)ccc(Cl)c21. The summed E-state index contributed by atoms with van der Waals surface area (Å²) in [4.78, 5) is 0. The molecule has 1 atom stereocenters. The van der Waals surface area contributed by atoms with E-state index in [1.54, 1.807) is 0 Å². The fourth-order valence-corrected chi connectivity index (χ4v) is 2.21. The van der Waals surface area contributed by atoms with E-state index in [0.29, 0.717) is 11.6 Å². The first kappa shape index (κ1) is 8.59. The Bertz CT molecular complexity index is 329. The molecule has 1 aromatic rings. The quantitative estimate of drug-likeness (QED) is 0.746. The van der Waals surface area contributed by atoms with Gasteiger partial charge in [0, 0.05) is 10.6 Å². The lowest BCUT2D eigenvalue weighted by molar-refractivity contribution is 0.331. The standard InChI is InChI=1S/C8H7ClINO/c9-4-1-2-5(10)8-7(4)6(11)3-12-8/h1-2,6H,3,11H2/t6-/m0/s1. The number of rotatable bonds is 0. The van der Waals surface area contributed by atoms with Gasteiger partial charge in [-0.1, -0.05) is 11.6 Å². The van der Waals surface area contributed by atoms with Crippen LogP contribution in [0.1, 0.15) is 11.6 Å². The number of ether oxygens (including phenoxy) is 1. The van der Waals surface area contributed by atoms with Crippen LogP contribution in [0.5, 0.6) is 5.75 Å². The summed E-state index contributed by atoms with van der Waals surface area (Å²) in [5, 5.41) is 0.704. The fraction of sp³-hybridized carbons (Fsp3) is 0.250. The molecule has 0 aliphatic carbocycles. The van der Waals surface area contributed by atoms with Gasteiger partial charge in [-0.25, -0.2) is 0 Å². The highest BCUT2D eigenvalue weighted by Gasteiger charge is 2.25. The molecule has 0 saturated carbocycles. The second-order valence-electron chi connectivity index (χ2n) is 2.69. The van der Waals surface area contributed by atoms with Crippen LogP contribution in [-0.4, -0.2) is 6.61 Å². The van der Waals surface area contributed by atoms with Crippen molar-refractivity contribution < 1.29 is 4.74 Å². The first-order valence-corrected chi connectivity index (χ1v) is 5.02. The average Bonchev–Trinajstić information content (AvgIpc) is 2.42. The summed E-state index contributed by atoms with van der Waals surface area (Å²) >= 11 is 8.19. The van der Waals surface area contributed by atoms with Crippen molar-refractivity contribution in [3.05, 3.63) is 26.3 Å². The molecular weight excluding hydrogens is 288 g/mol. The van der Waals surface area contributed by atoms with Crippen molar-refractivity contribution in [1.29, 1.82) is 0 Å². The van der Waals surface area contributed by atoms with Crippen molar-refractivity contribution in [2.75, 3.05) is 6.61 Å². The van der Waals surface area contributed by atoms with Gasteiger partial charge in [-0.05, 0) is 34.7 Å². The highest BCUT2D eigenvalue weighted by molar-refractivity contribution is 14.1. The number of hydrogen-bond acceptors (Lipinski definition) is 2. The Labute approximate surface area is 89.2 Å². The molecule has 1 heterocycles. The first-order valence-electron chi connectivity index (χ1n) is 3.56. The van der Waals surface area contributed by atoms with E-state index in [2.05, 4.69) is 22.6 Å². The van der Waals surface area contributed by atoms with E-state index in [0.717, 1.165) is 14.9 Å². The van der Waals surface area contributed by atoms with Gasteiger partial charge in [0.25, 0.3) is 0 Å². The zero-order chi connectivity index (χ0) is 8.72. The molecule has 1 aliphatic heterocycles. The third-order valence-corrected chi connectivity index (χ3v) is 3.05. The van der Waals surface area contributed by atoms with E-state index >= 15 is 0 Å². The Morgan fingerprint density at radius 1 is 1.58 bits per heavy atom. The van der Waals surface area contributed by atoms with Crippen LogP contribution < -0.4 is 10.5 Å². The van der Waals surface area contributed by atoms with Crippen molar-refractivity contribution in [3.63, 3.8) is 0 Å². The Kier molecular flexibility index (Phi) is 2.18. The minimum absolute atomic E-state index is 0.0674. The molecule has 2 N–H and O–H groups in total. The molecule has 0 radical (unpaired) electrons. The zero-order valence-electron chi connectivity index (χ0n) is 6.18. The monoisotopic (exact) mass is 295 g/mol. The van der Waals surface area contributed by atoms with Crippen molar-refractivity contribution in [2.24, 2.45) is 5.73 Å². The molecule has 0 fully saturated rings. The van der Waals surface area contributed by atoms with E-state index in [1.807, 2.05) is 12.1 Å². The van der Waals surface area contributed by atoms with Crippen molar-refractivity contribution >= 4 is 34.2 Å². The van der Waals surface area contributed by atoms with E-state index in [-0.39, 0.29) is 6.04 Å². The predicted octanol–water partition coefficient (Wildman–Crippen LogP) is 2.34. The lowest BCUT2D eigenvalue weighted by Crippen LogP contribution is -2.11. The maximum absolute atomic E-state index is 5.97. The molecule has 1 aromatic carbocycles. The molecule has 0 amide bonds. The second kappa shape index (κ2) is 3.05. The highest BCUT2D eigenvalue weighted by atomic mass is 127. The molecule has 0 saturated heterocycles. The van der Waals surface area contributed by atoms with Crippen LogP contribution in [-0.2, 0) is 0 Å². The Balaban J connectivity index is 2.64. The van der Waals surface area contributed by atoms with Gasteiger partial charge in [0.1, 0.15) is 12.4 Å². The number of hydrogen-bond donors (Lipinski definition) is 1. The van der Waals surface area contributed by atoms with Crippen LogP contribution in [0.25, 0.3) is 0 Å². The molecule has 0 aromatic heterocycles. The summed E-state index contributed by atoms with van der Waals surface area (Å²) in [5.41, 5.74) is 6.75. The van der Waals surface area contributed by atoms with Gasteiger partial charge < -0.3 is 10.5 Å². The third-order valence-electron chi connectivity index (χ3n) is 1.87. The van der Waals surface area contributed by atoms with Crippen LogP contribution in [0.2, 0.25) is 5.02 Å². The molecule has 64 valence electrons. The van der Waals surface area contributed by atoms with Gasteiger partial charge in [0.05, 0.1) is 9.61 Å².